The summed E-state index contributed by atoms with van der Waals surface area (Å²) in [6.45, 7) is 1.35. The number of benzene rings is 2. The maximum atomic E-state index is 13.1. The number of ether oxygens (including phenoxy) is 1. The summed E-state index contributed by atoms with van der Waals surface area (Å²) in [6.07, 6.45) is 3.57. The van der Waals surface area contributed by atoms with Crippen LogP contribution in [0.4, 0.5) is 5.69 Å². The van der Waals surface area contributed by atoms with Crippen molar-refractivity contribution < 1.29 is 9.53 Å². The van der Waals surface area contributed by atoms with Gasteiger partial charge in [0, 0.05) is 49.3 Å². The molecule has 4 rings (SSSR count). The fourth-order valence-electron chi connectivity index (χ4n) is 3.50. The van der Waals surface area contributed by atoms with Crippen molar-refractivity contribution in [3.05, 3.63) is 76.8 Å². The number of aromatic nitrogens is 2. The van der Waals surface area contributed by atoms with Crippen molar-refractivity contribution in [2.45, 2.75) is 6.54 Å². The Bertz CT molecular complexity index is 1240. The molecule has 0 radical (unpaired) electrons. The van der Waals surface area contributed by atoms with E-state index in [9.17, 15) is 9.59 Å². The molecular formula is C22H21N3O3. The number of carbonyl (C=O) groups excluding carboxylic acids is 1. The van der Waals surface area contributed by atoms with Gasteiger partial charge in [0.2, 0.25) is 0 Å². The van der Waals surface area contributed by atoms with Gasteiger partial charge < -0.3 is 19.2 Å². The van der Waals surface area contributed by atoms with Crippen LogP contribution in [0.25, 0.3) is 21.7 Å². The molecule has 2 aromatic carbocycles. The third kappa shape index (κ3) is 3.08. The monoisotopic (exact) mass is 375 g/mol. The van der Waals surface area contributed by atoms with Gasteiger partial charge in [-0.2, -0.15) is 0 Å². The number of fused-ring (bicyclic) bond motifs is 2. The lowest BCUT2D eigenvalue weighted by atomic mass is 10.1. The van der Waals surface area contributed by atoms with Crippen LogP contribution >= 0.6 is 0 Å². The molecule has 0 aliphatic carbocycles. The predicted octanol–water partition coefficient (Wildman–Crippen LogP) is 3.39. The van der Waals surface area contributed by atoms with Crippen molar-refractivity contribution in [1.29, 1.82) is 0 Å². The maximum Gasteiger partial charge on any atom is 0.258 e. The smallest absolute Gasteiger partial charge is 0.258 e. The molecule has 2 aromatic heterocycles. The van der Waals surface area contributed by atoms with Gasteiger partial charge in [-0.3, -0.25) is 9.59 Å². The minimum Gasteiger partial charge on any atom is -0.383 e. The molecule has 0 saturated carbocycles. The summed E-state index contributed by atoms with van der Waals surface area (Å²) in [7, 11) is 3.33. The predicted molar refractivity (Wildman–Crippen MR) is 111 cm³/mol. The van der Waals surface area contributed by atoms with Crippen molar-refractivity contribution >= 4 is 33.3 Å². The van der Waals surface area contributed by atoms with Crippen molar-refractivity contribution in [3.63, 3.8) is 0 Å². The van der Waals surface area contributed by atoms with Gasteiger partial charge in [0.05, 0.1) is 23.4 Å². The van der Waals surface area contributed by atoms with Crippen LogP contribution < -0.4 is 10.9 Å². The summed E-state index contributed by atoms with van der Waals surface area (Å²) in [4.78, 5) is 25.4. The zero-order valence-corrected chi connectivity index (χ0v) is 15.8. The summed E-state index contributed by atoms with van der Waals surface area (Å²) in [5.74, 6) is -0.246. The zero-order valence-electron chi connectivity index (χ0n) is 15.8. The summed E-state index contributed by atoms with van der Waals surface area (Å²) < 4.78 is 8.70. The molecule has 0 bridgehead atoms. The normalized spacial score (nSPS) is 11.2. The van der Waals surface area contributed by atoms with E-state index < -0.39 is 0 Å². The first-order valence-electron chi connectivity index (χ1n) is 9.06. The number of hydrogen-bond donors (Lipinski definition) is 1. The number of carbonyl (C=O) groups is 1. The topological polar surface area (TPSA) is 65.3 Å². The van der Waals surface area contributed by atoms with E-state index in [1.54, 1.807) is 38.6 Å². The molecule has 0 fully saturated rings. The summed E-state index contributed by atoms with van der Waals surface area (Å²) in [6, 6.07) is 15.0. The molecule has 0 atom stereocenters. The summed E-state index contributed by atoms with van der Waals surface area (Å²) in [5.41, 5.74) is 2.11. The van der Waals surface area contributed by atoms with E-state index in [2.05, 4.69) is 9.88 Å². The van der Waals surface area contributed by atoms with Crippen LogP contribution in [0.15, 0.2) is 65.7 Å². The highest BCUT2D eigenvalue weighted by Crippen LogP contribution is 2.26. The van der Waals surface area contributed by atoms with E-state index in [-0.39, 0.29) is 11.5 Å². The van der Waals surface area contributed by atoms with E-state index in [1.807, 2.05) is 36.5 Å². The first-order chi connectivity index (χ1) is 13.6. The number of amides is 1. The van der Waals surface area contributed by atoms with Gasteiger partial charge in [0.25, 0.3) is 11.5 Å². The molecule has 4 aromatic rings. The van der Waals surface area contributed by atoms with E-state index in [0.29, 0.717) is 22.9 Å². The molecule has 0 aliphatic heterocycles. The Morgan fingerprint density at radius 2 is 1.82 bits per heavy atom. The van der Waals surface area contributed by atoms with Crippen LogP contribution in [0.1, 0.15) is 10.4 Å². The number of anilines is 1. The van der Waals surface area contributed by atoms with Crippen molar-refractivity contribution in [1.82, 2.24) is 9.13 Å². The van der Waals surface area contributed by atoms with Crippen molar-refractivity contribution in [2.24, 2.45) is 7.05 Å². The Kier molecular flexibility index (Phi) is 4.71. The zero-order chi connectivity index (χ0) is 19.7. The molecule has 2 heterocycles. The van der Waals surface area contributed by atoms with E-state index >= 15 is 0 Å². The Balaban J connectivity index is 1.74. The molecule has 1 N–H and O–H groups in total. The number of nitrogens with one attached hydrogen (secondary N) is 1. The average Bonchev–Trinajstić information content (AvgIpc) is 3.13. The lowest BCUT2D eigenvalue weighted by molar-refractivity contribution is 0.102. The molecule has 0 aliphatic rings. The number of aryl methyl sites for hydroxylation is 1. The first kappa shape index (κ1) is 18.0. The van der Waals surface area contributed by atoms with Crippen LogP contribution in [0, 0.1) is 0 Å². The van der Waals surface area contributed by atoms with Crippen molar-refractivity contribution in [2.75, 3.05) is 19.0 Å². The average molecular weight is 375 g/mol. The van der Waals surface area contributed by atoms with Crippen LogP contribution in [-0.4, -0.2) is 28.8 Å². The molecular weight excluding hydrogens is 354 g/mol. The summed E-state index contributed by atoms with van der Waals surface area (Å²) in [5, 5.41) is 5.15. The van der Waals surface area contributed by atoms with Gasteiger partial charge >= 0.3 is 0 Å². The van der Waals surface area contributed by atoms with Gasteiger partial charge in [-0.15, -0.1) is 0 Å². The number of methoxy groups -OCH3 is 1. The molecule has 1 amide bonds. The fraction of sp³-hybridized carbons (Fsp3) is 0.182. The van der Waals surface area contributed by atoms with Gasteiger partial charge in [0.1, 0.15) is 0 Å². The standard InChI is InChI=1S/C22H21N3O3/c1-24-14-18(15-6-3-4-7-16(15)22(24)27)21(26)23-19-8-5-9-20-17(19)10-11-25(20)12-13-28-2/h3-11,14H,12-13H2,1-2H3,(H,23,26). The van der Waals surface area contributed by atoms with Crippen LogP contribution in [0.2, 0.25) is 0 Å². The van der Waals surface area contributed by atoms with Crippen LogP contribution in [-0.2, 0) is 18.3 Å². The molecule has 6 heteroatoms. The Labute approximate surface area is 162 Å². The SMILES string of the molecule is COCCn1ccc2c(NC(=O)c3cn(C)c(=O)c4ccccc34)cccc21. The third-order valence-corrected chi connectivity index (χ3v) is 4.93. The van der Waals surface area contributed by atoms with Gasteiger partial charge in [0.15, 0.2) is 0 Å². The lowest BCUT2D eigenvalue weighted by Crippen LogP contribution is -2.21. The van der Waals surface area contributed by atoms with Crippen LogP contribution in [0.5, 0.6) is 0 Å². The molecule has 28 heavy (non-hydrogen) atoms. The Morgan fingerprint density at radius 1 is 1.04 bits per heavy atom. The minimum atomic E-state index is -0.246. The second kappa shape index (κ2) is 7.32. The minimum absolute atomic E-state index is 0.121. The molecule has 142 valence electrons. The Hall–Kier alpha value is -3.38. The largest absolute Gasteiger partial charge is 0.383 e. The second-order valence-corrected chi connectivity index (χ2v) is 6.70. The third-order valence-electron chi connectivity index (χ3n) is 4.93. The maximum absolute atomic E-state index is 13.1. The first-order valence-corrected chi connectivity index (χ1v) is 9.06. The summed E-state index contributed by atoms with van der Waals surface area (Å²) >= 11 is 0. The van der Waals surface area contributed by atoms with Gasteiger partial charge in [-0.1, -0.05) is 24.3 Å². The lowest BCUT2D eigenvalue weighted by Gasteiger charge is -2.11. The van der Waals surface area contributed by atoms with E-state index in [4.69, 9.17) is 4.74 Å². The number of rotatable bonds is 5. The quantitative estimate of drug-likeness (QED) is 0.581. The Morgan fingerprint density at radius 3 is 2.61 bits per heavy atom. The second-order valence-electron chi connectivity index (χ2n) is 6.70. The number of pyridine rings is 1. The fourth-order valence-corrected chi connectivity index (χ4v) is 3.50. The number of hydrogen-bond acceptors (Lipinski definition) is 3. The highest BCUT2D eigenvalue weighted by Gasteiger charge is 2.15. The molecule has 6 nitrogen and oxygen atoms in total. The molecule has 0 spiro atoms. The highest BCUT2D eigenvalue weighted by atomic mass is 16.5. The molecule has 0 saturated heterocycles. The highest BCUT2D eigenvalue weighted by molar-refractivity contribution is 6.14. The van der Waals surface area contributed by atoms with E-state index in [0.717, 1.165) is 23.1 Å². The molecule has 0 unspecified atom stereocenters. The van der Waals surface area contributed by atoms with Gasteiger partial charge in [-0.25, -0.2) is 0 Å². The van der Waals surface area contributed by atoms with Gasteiger partial charge in [-0.05, 0) is 24.3 Å². The van der Waals surface area contributed by atoms with Crippen LogP contribution in [0.3, 0.4) is 0 Å². The van der Waals surface area contributed by atoms with E-state index in [1.165, 1.54) is 4.57 Å². The van der Waals surface area contributed by atoms with Crippen molar-refractivity contribution in [3.8, 4) is 0 Å². The number of nitrogens with zero attached hydrogens (tertiary/aromatic N) is 2.